The number of aromatic nitrogens is 1. The average molecular weight is 253 g/mol. The summed E-state index contributed by atoms with van der Waals surface area (Å²) in [6.45, 7) is -0.294. The molecule has 0 fully saturated rings. The first kappa shape index (κ1) is 11.8. The Balaban J connectivity index is 2.11. The maximum absolute atomic E-state index is 13.7. The van der Waals surface area contributed by atoms with E-state index in [0.29, 0.717) is 11.1 Å². The summed E-state index contributed by atoms with van der Waals surface area (Å²) in [4.78, 5) is 4.51. The number of aliphatic hydroxyl groups is 1. The van der Waals surface area contributed by atoms with Gasteiger partial charge in [0, 0.05) is 16.5 Å². The van der Waals surface area contributed by atoms with Gasteiger partial charge in [0.2, 0.25) is 0 Å². The number of pyridine rings is 1. The molecule has 2 aromatic carbocycles. The second-order valence-corrected chi connectivity index (χ2v) is 4.35. The molecule has 0 saturated carbocycles. The lowest BCUT2D eigenvalue weighted by Gasteiger charge is -2.05. The smallest absolute Gasteiger partial charge is 0.129 e. The van der Waals surface area contributed by atoms with Gasteiger partial charge in [-0.05, 0) is 18.2 Å². The molecule has 0 aliphatic carbocycles. The van der Waals surface area contributed by atoms with E-state index < -0.39 is 5.82 Å². The highest BCUT2D eigenvalue weighted by Gasteiger charge is 2.06. The van der Waals surface area contributed by atoms with Crippen LogP contribution in [0.3, 0.4) is 0 Å². The van der Waals surface area contributed by atoms with E-state index in [2.05, 4.69) is 4.98 Å². The molecule has 0 atom stereocenters. The predicted octanol–water partition coefficient (Wildman–Crippen LogP) is 3.53. The number of nitrogens with zero attached hydrogens (tertiary/aromatic N) is 1. The van der Waals surface area contributed by atoms with Crippen molar-refractivity contribution in [3.63, 3.8) is 0 Å². The van der Waals surface area contributed by atoms with Gasteiger partial charge in [0.1, 0.15) is 5.82 Å². The van der Waals surface area contributed by atoms with Crippen molar-refractivity contribution in [3.05, 3.63) is 66.0 Å². The third-order valence-electron chi connectivity index (χ3n) is 3.12. The SMILES string of the molecule is OCc1ccc(-c2ccc3ccccc3n2)cc1F. The van der Waals surface area contributed by atoms with Crippen molar-refractivity contribution in [2.24, 2.45) is 0 Å². The summed E-state index contributed by atoms with van der Waals surface area (Å²) in [6, 6.07) is 16.4. The number of benzene rings is 2. The summed E-state index contributed by atoms with van der Waals surface area (Å²) < 4.78 is 13.7. The van der Waals surface area contributed by atoms with E-state index in [1.807, 2.05) is 36.4 Å². The Morgan fingerprint density at radius 3 is 2.63 bits per heavy atom. The van der Waals surface area contributed by atoms with E-state index in [0.717, 1.165) is 16.6 Å². The lowest BCUT2D eigenvalue weighted by molar-refractivity contribution is 0.276. The molecule has 94 valence electrons. The van der Waals surface area contributed by atoms with E-state index >= 15 is 0 Å². The molecule has 1 N–H and O–H groups in total. The van der Waals surface area contributed by atoms with Crippen LogP contribution in [-0.4, -0.2) is 10.1 Å². The molecule has 0 amide bonds. The maximum Gasteiger partial charge on any atom is 0.129 e. The van der Waals surface area contributed by atoms with Crippen molar-refractivity contribution < 1.29 is 9.50 Å². The molecule has 0 radical (unpaired) electrons. The fourth-order valence-electron chi connectivity index (χ4n) is 2.06. The highest BCUT2D eigenvalue weighted by Crippen LogP contribution is 2.23. The number of fused-ring (bicyclic) bond motifs is 1. The molecule has 0 aliphatic rings. The third-order valence-corrected chi connectivity index (χ3v) is 3.12. The molecule has 0 unspecified atom stereocenters. The van der Waals surface area contributed by atoms with Gasteiger partial charge in [-0.25, -0.2) is 9.37 Å². The molecule has 0 spiro atoms. The van der Waals surface area contributed by atoms with Crippen molar-refractivity contribution in [2.75, 3.05) is 0 Å². The first-order valence-electron chi connectivity index (χ1n) is 6.03. The summed E-state index contributed by atoms with van der Waals surface area (Å²) in [5.41, 5.74) is 2.61. The topological polar surface area (TPSA) is 33.1 Å². The molecular formula is C16H12FNO. The van der Waals surface area contributed by atoms with Crippen molar-refractivity contribution >= 4 is 10.9 Å². The van der Waals surface area contributed by atoms with Crippen LogP contribution in [0.5, 0.6) is 0 Å². The minimum Gasteiger partial charge on any atom is -0.392 e. The van der Waals surface area contributed by atoms with E-state index in [1.165, 1.54) is 6.07 Å². The van der Waals surface area contributed by atoms with Gasteiger partial charge >= 0.3 is 0 Å². The Hall–Kier alpha value is -2.26. The summed E-state index contributed by atoms with van der Waals surface area (Å²) in [5, 5.41) is 10.0. The van der Waals surface area contributed by atoms with Crippen LogP contribution in [0, 0.1) is 5.82 Å². The zero-order valence-electron chi connectivity index (χ0n) is 10.2. The number of rotatable bonds is 2. The van der Waals surface area contributed by atoms with Crippen molar-refractivity contribution in [2.45, 2.75) is 6.61 Å². The number of para-hydroxylation sites is 1. The molecule has 0 bridgehead atoms. The molecule has 1 aromatic heterocycles. The fraction of sp³-hybridized carbons (Fsp3) is 0.0625. The molecule has 3 heteroatoms. The quantitative estimate of drug-likeness (QED) is 0.757. The fourth-order valence-corrected chi connectivity index (χ4v) is 2.06. The van der Waals surface area contributed by atoms with Gasteiger partial charge in [0.25, 0.3) is 0 Å². The van der Waals surface area contributed by atoms with Crippen molar-refractivity contribution in [1.82, 2.24) is 4.98 Å². The maximum atomic E-state index is 13.7. The van der Waals surface area contributed by atoms with Crippen LogP contribution in [0.2, 0.25) is 0 Å². The minimum atomic E-state index is -0.407. The highest BCUT2D eigenvalue weighted by molar-refractivity contribution is 5.81. The largest absolute Gasteiger partial charge is 0.392 e. The first-order valence-corrected chi connectivity index (χ1v) is 6.03. The van der Waals surface area contributed by atoms with E-state index in [9.17, 15) is 4.39 Å². The lowest BCUT2D eigenvalue weighted by atomic mass is 10.1. The van der Waals surface area contributed by atoms with Gasteiger partial charge in [-0.3, -0.25) is 0 Å². The molecular weight excluding hydrogens is 241 g/mol. The van der Waals surface area contributed by atoms with Gasteiger partial charge in [0.15, 0.2) is 0 Å². The van der Waals surface area contributed by atoms with Crippen LogP contribution in [0.1, 0.15) is 5.56 Å². The van der Waals surface area contributed by atoms with Crippen LogP contribution >= 0.6 is 0 Å². The molecule has 1 heterocycles. The Bertz CT molecular complexity index is 740. The van der Waals surface area contributed by atoms with Gasteiger partial charge in [-0.2, -0.15) is 0 Å². The molecule has 3 aromatic rings. The normalized spacial score (nSPS) is 10.8. The molecule has 3 rings (SSSR count). The van der Waals surface area contributed by atoms with E-state index in [1.54, 1.807) is 12.1 Å². The summed E-state index contributed by atoms with van der Waals surface area (Å²) in [7, 11) is 0. The zero-order chi connectivity index (χ0) is 13.2. The number of halogens is 1. The highest BCUT2D eigenvalue weighted by atomic mass is 19.1. The number of aliphatic hydroxyl groups excluding tert-OH is 1. The van der Waals surface area contributed by atoms with Gasteiger partial charge in [-0.1, -0.05) is 36.4 Å². The van der Waals surface area contributed by atoms with E-state index in [-0.39, 0.29) is 6.61 Å². The van der Waals surface area contributed by atoms with Crippen molar-refractivity contribution in [1.29, 1.82) is 0 Å². The Kier molecular flexibility index (Phi) is 2.97. The standard InChI is InChI=1S/C16H12FNO/c17-14-9-12(5-6-13(14)10-19)16-8-7-11-3-1-2-4-15(11)18-16/h1-9,19H,10H2. The second-order valence-electron chi connectivity index (χ2n) is 4.35. The molecule has 2 nitrogen and oxygen atoms in total. The lowest BCUT2D eigenvalue weighted by Crippen LogP contribution is -1.91. The van der Waals surface area contributed by atoms with Crippen LogP contribution in [0.4, 0.5) is 4.39 Å². The molecule has 0 aliphatic heterocycles. The van der Waals surface area contributed by atoms with Crippen LogP contribution < -0.4 is 0 Å². The molecule has 19 heavy (non-hydrogen) atoms. The summed E-state index contributed by atoms with van der Waals surface area (Å²) in [5.74, 6) is -0.407. The van der Waals surface area contributed by atoms with Crippen LogP contribution in [0.25, 0.3) is 22.2 Å². The monoisotopic (exact) mass is 253 g/mol. The first-order chi connectivity index (χ1) is 9.28. The molecule has 0 saturated heterocycles. The Morgan fingerprint density at radius 2 is 1.84 bits per heavy atom. The number of hydrogen-bond donors (Lipinski definition) is 1. The van der Waals surface area contributed by atoms with Gasteiger partial charge < -0.3 is 5.11 Å². The Labute approximate surface area is 110 Å². The third kappa shape index (κ3) is 2.20. The van der Waals surface area contributed by atoms with Crippen LogP contribution in [0.15, 0.2) is 54.6 Å². The predicted molar refractivity (Wildman–Crippen MR) is 73.1 cm³/mol. The summed E-state index contributed by atoms with van der Waals surface area (Å²) >= 11 is 0. The summed E-state index contributed by atoms with van der Waals surface area (Å²) in [6.07, 6.45) is 0. The van der Waals surface area contributed by atoms with Gasteiger partial charge in [0.05, 0.1) is 17.8 Å². The van der Waals surface area contributed by atoms with Crippen molar-refractivity contribution in [3.8, 4) is 11.3 Å². The number of hydrogen-bond acceptors (Lipinski definition) is 2. The average Bonchev–Trinajstić information content (AvgIpc) is 2.46. The Morgan fingerprint density at radius 1 is 1.00 bits per heavy atom. The minimum absolute atomic E-state index is 0.294. The van der Waals surface area contributed by atoms with E-state index in [4.69, 9.17) is 5.11 Å². The zero-order valence-corrected chi connectivity index (χ0v) is 10.2. The second kappa shape index (κ2) is 4.78. The van der Waals surface area contributed by atoms with Crippen LogP contribution in [-0.2, 0) is 6.61 Å². The van der Waals surface area contributed by atoms with Gasteiger partial charge in [-0.15, -0.1) is 0 Å².